The van der Waals surface area contributed by atoms with E-state index in [9.17, 15) is 0 Å². The predicted molar refractivity (Wildman–Crippen MR) is 99.2 cm³/mol. The zero-order valence-electron chi connectivity index (χ0n) is 14.5. The van der Waals surface area contributed by atoms with Gasteiger partial charge in [0.2, 0.25) is 0 Å². The smallest absolute Gasteiger partial charge is 0.399 e. The Bertz CT molecular complexity index is 619. The van der Waals surface area contributed by atoms with Crippen LogP contribution in [-0.4, -0.2) is 28.8 Å². The van der Waals surface area contributed by atoms with E-state index in [2.05, 4.69) is 69.8 Å². The Morgan fingerprint density at radius 3 is 2.26 bits per heavy atom. The lowest BCUT2D eigenvalue weighted by Crippen LogP contribution is -2.41. The topological polar surface area (TPSA) is 18.5 Å². The summed E-state index contributed by atoms with van der Waals surface area (Å²) in [6, 6.07) is 8.81. The molecule has 23 heavy (non-hydrogen) atoms. The van der Waals surface area contributed by atoms with Gasteiger partial charge in [-0.2, -0.15) is 11.8 Å². The number of benzene rings is 1. The normalized spacial score (nSPS) is 31.3. The molecule has 2 saturated heterocycles. The highest BCUT2D eigenvalue weighted by atomic mass is 32.2. The molecular formula is C19H25BO2S. The molecule has 4 rings (SSSR count). The fourth-order valence-electron chi connectivity index (χ4n) is 3.59. The van der Waals surface area contributed by atoms with Crippen LogP contribution in [0.25, 0.3) is 5.57 Å². The summed E-state index contributed by atoms with van der Waals surface area (Å²) < 4.78 is 12.3. The van der Waals surface area contributed by atoms with E-state index < -0.39 is 0 Å². The number of thioether (sulfide) groups is 1. The average molecular weight is 328 g/mol. The Balaban J connectivity index is 1.53. The van der Waals surface area contributed by atoms with Crippen LogP contribution in [0.15, 0.2) is 30.3 Å². The number of hydrogen-bond donors (Lipinski definition) is 0. The van der Waals surface area contributed by atoms with Crippen molar-refractivity contribution >= 4 is 29.9 Å². The molecule has 2 nitrogen and oxygen atoms in total. The summed E-state index contributed by atoms with van der Waals surface area (Å²) in [5.74, 6) is 0. The minimum atomic E-state index is -0.279. The molecule has 1 aromatic rings. The second-order valence-electron chi connectivity index (χ2n) is 7.98. The van der Waals surface area contributed by atoms with Gasteiger partial charge in [0, 0.05) is 10.5 Å². The fourth-order valence-corrected chi connectivity index (χ4v) is 5.15. The van der Waals surface area contributed by atoms with Gasteiger partial charge in [-0.1, -0.05) is 30.3 Å². The molecule has 0 saturated carbocycles. The maximum atomic E-state index is 6.14. The molecule has 0 spiro atoms. The number of hydrogen-bond acceptors (Lipinski definition) is 3. The third-order valence-corrected chi connectivity index (χ3v) is 7.29. The first-order valence-corrected chi connectivity index (χ1v) is 9.60. The lowest BCUT2D eigenvalue weighted by molar-refractivity contribution is 0.00578. The van der Waals surface area contributed by atoms with Crippen LogP contribution in [0.3, 0.4) is 0 Å². The summed E-state index contributed by atoms with van der Waals surface area (Å²) in [4.78, 5) is 0. The summed E-state index contributed by atoms with van der Waals surface area (Å²) in [6.07, 6.45) is 6.43. The van der Waals surface area contributed by atoms with Crippen LogP contribution >= 0.6 is 11.8 Å². The molecule has 0 aliphatic carbocycles. The Hall–Kier alpha value is -0.705. The summed E-state index contributed by atoms with van der Waals surface area (Å²) in [7, 11) is -0.263. The molecule has 3 aliphatic heterocycles. The van der Waals surface area contributed by atoms with E-state index in [4.69, 9.17) is 9.31 Å². The quantitative estimate of drug-likeness (QED) is 0.764. The maximum Gasteiger partial charge on any atom is 0.494 e. The highest BCUT2D eigenvalue weighted by Gasteiger charge is 2.51. The van der Waals surface area contributed by atoms with Crippen molar-refractivity contribution in [3.8, 4) is 0 Å². The molecule has 0 radical (unpaired) electrons. The third kappa shape index (κ3) is 2.79. The van der Waals surface area contributed by atoms with E-state index in [1.54, 1.807) is 0 Å². The monoisotopic (exact) mass is 328 g/mol. The Labute approximate surface area is 144 Å². The minimum absolute atomic E-state index is 0.263. The van der Waals surface area contributed by atoms with Gasteiger partial charge in [-0.05, 0) is 63.6 Å². The highest BCUT2D eigenvalue weighted by molar-refractivity contribution is 8.01. The van der Waals surface area contributed by atoms with Crippen molar-refractivity contribution in [1.82, 2.24) is 0 Å². The van der Waals surface area contributed by atoms with Gasteiger partial charge >= 0.3 is 7.12 Å². The molecule has 0 amide bonds. The van der Waals surface area contributed by atoms with Gasteiger partial charge < -0.3 is 9.31 Å². The van der Waals surface area contributed by atoms with E-state index in [0.29, 0.717) is 0 Å². The van der Waals surface area contributed by atoms with Gasteiger partial charge in [0.1, 0.15) is 0 Å². The standard InChI is InChI=1S/C19H25BO2S/c1-18(2)19(3,4)22-20(21-18)15-7-5-13(6-8-15)14-11-16-9-10-17(12-14)23-16/h5-8,11,16-17H,9-10,12H2,1-4H3. The largest absolute Gasteiger partial charge is 0.494 e. The molecule has 122 valence electrons. The molecule has 3 aliphatic rings. The van der Waals surface area contributed by atoms with E-state index in [-0.39, 0.29) is 18.3 Å². The molecule has 3 heterocycles. The Kier molecular flexibility index (Phi) is 3.71. The van der Waals surface area contributed by atoms with Gasteiger partial charge in [0.05, 0.1) is 11.2 Å². The molecule has 0 aromatic heterocycles. The SMILES string of the molecule is CC1(C)OB(c2ccc(C3=CC4CCC(C3)S4)cc2)OC1(C)C. The zero-order valence-corrected chi connectivity index (χ0v) is 15.3. The average Bonchev–Trinajstić information content (AvgIpc) is 2.95. The number of allylic oxidation sites excluding steroid dienone is 1. The predicted octanol–water partition coefficient (Wildman–Crippen LogP) is 4.04. The lowest BCUT2D eigenvalue weighted by atomic mass is 9.78. The van der Waals surface area contributed by atoms with Crippen molar-refractivity contribution in [3.63, 3.8) is 0 Å². The first-order chi connectivity index (χ1) is 10.8. The molecule has 2 bridgehead atoms. The number of fused-ring (bicyclic) bond motifs is 2. The van der Waals surface area contributed by atoms with E-state index in [1.807, 2.05) is 0 Å². The van der Waals surface area contributed by atoms with Gasteiger partial charge in [0.25, 0.3) is 0 Å². The second kappa shape index (κ2) is 5.40. The van der Waals surface area contributed by atoms with Crippen LogP contribution in [0.5, 0.6) is 0 Å². The summed E-state index contributed by atoms with van der Waals surface area (Å²) in [6.45, 7) is 8.40. The van der Waals surface area contributed by atoms with Crippen molar-refractivity contribution in [1.29, 1.82) is 0 Å². The van der Waals surface area contributed by atoms with Crippen LogP contribution in [-0.2, 0) is 9.31 Å². The van der Waals surface area contributed by atoms with Crippen LogP contribution < -0.4 is 5.46 Å². The highest BCUT2D eigenvalue weighted by Crippen LogP contribution is 2.45. The first kappa shape index (κ1) is 15.8. The molecule has 2 fully saturated rings. The van der Waals surface area contributed by atoms with Gasteiger partial charge in [0.15, 0.2) is 0 Å². The summed E-state index contributed by atoms with van der Waals surface area (Å²) >= 11 is 2.16. The van der Waals surface area contributed by atoms with Crippen molar-refractivity contribution in [3.05, 3.63) is 35.9 Å². The van der Waals surface area contributed by atoms with E-state index >= 15 is 0 Å². The van der Waals surface area contributed by atoms with Gasteiger partial charge in [-0.3, -0.25) is 0 Å². The minimum Gasteiger partial charge on any atom is -0.399 e. The first-order valence-electron chi connectivity index (χ1n) is 8.66. The molecule has 4 heteroatoms. The van der Waals surface area contributed by atoms with Crippen LogP contribution in [0, 0.1) is 0 Å². The van der Waals surface area contributed by atoms with Gasteiger partial charge in [-0.15, -0.1) is 0 Å². The molecule has 2 unspecified atom stereocenters. The van der Waals surface area contributed by atoms with Crippen LogP contribution in [0.1, 0.15) is 52.5 Å². The zero-order chi connectivity index (χ0) is 16.2. The fraction of sp³-hybridized carbons (Fsp3) is 0.579. The third-order valence-electron chi connectivity index (χ3n) is 5.78. The lowest BCUT2D eigenvalue weighted by Gasteiger charge is -2.32. The Morgan fingerprint density at radius 2 is 1.65 bits per heavy atom. The van der Waals surface area contributed by atoms with E-state index in [0.717, 1.165) is 16.0 Å². The number of rotatable bonds is 2. The van der Waals surface area contributed by atoms with Crippen molar-refractivity contribution in [2.24, 2.45) is 0 Å². The second-order valence-corrected chi connectivity index (χ2v) is 9.52. The van der Waals surface area contributed by atoms with Crippen LogP contribution in [0.2, 0.25) is 0 Å². The van der Waals surface area contributed by atoms with E-state index in [1.165, 1.54) is 30.4 Å². The van der Waals surface area contributed by atoms with Gasteiger partial charge in [-0.25, -0.2) is 0 Å². The molecular weight excluding hydrogens is 303 g/mol. The maximum absolute atomic E-state index is 6.14. The van der Waals surface area contributed by atoms with Crippen molar-refractivity contribution < 1.29 is 9.31 Å². The summed E-state index contributed by atoms with van der Waals surface area (Å²) in [5, 5.41) is 1.58. The van der Waals surface area contributed by atoms with Crippen LogP contribution in [0.4, 0.5) is 0 Å². The van der Waals surface area contributed by atoms with Crippen molar-refractivity contribution in [2.75, 3.05) is 0 Å². The Morgan fingerprint density at radius 1 is 1.00 bits per heavy atom. The van der Waals surface area contributed by atoms with Crippen molar-refractivity contribution in [2.45, 2.75) is 68.7 Å². The summed E-state index contributed by atoms with van der Waals surface area (Å²) in [5.41, 5.74) is 3.44. The molecule has 1 aromatic carbocycles. The molecule has 2 atom stereocenters. The molecule has 0 N–H and O–H groups in total.